The highest BCUT2D eigenvalue weighted by Gasteiger charge is 2.38. The van der Waals surface area contributed by atoms with Crippen LogP contribution in [0.2, 0.25) is 0 Å². The van der Waals surface area contributed by atoms with E-state index in [4.69, 9.17) is 24.2 Å². The first-order valence-electron chi connectivity index (χ1n) is 9.14. The van der Waals surface area contributed by atoms with Gasteiger partial charge in [0.05, 0.1) is 12.8 Å². The summed E-state index contributed by atoms with van der Waals surface area (Å²) in [5, 5.41) is 14.2. The Morgan fingerprint density at radius 1 is 1.03 bits per heavy atom. The lowest BCUT2D eigenvalue weighted by molar-refractivity contribution is -0.193. The number of carboxylic acid groups (broad SMARTS) is 2. The van der Waals surface area contributed by atoms with E-state index in [9.17, 15) is 26.3 Å². The minimum absolute atomic E-state index is 0.855. The summed E-state index contributed by atoms with van der Waals surface area (Å²) in [7, 11) is 2.11. The minimum Gasteiger partial charge on any atom is -0.475 e. The third-order valence-corrected chi connectivity index (χ3v) is 4.05. The summed E-state index contributed by atoms with van der Waals surface area (Å²) >= 11 is 0. The third-order valence-electron chi connectivity index (χ3n) is 4.05. The van der Waals surface area contributed by atoms with Crippen LogP contribution in [0.25, 0.3) is 0 Å². The van der Waals surface area contributed by atoms with Crippen LogP contribution in [-0.4, -0.2) is 64.5 Å². The van der Waals surface area contributed by atoms with E-state index in [1.807, 2.05) is 19.1 Å². The van der Waals surface area contributed by atoms with Gasteiger partial charge in [-0.1, -0.05) is 6.07 Å². The number of aryl methyl sites for hydroxylation is 1. The molecule has 0 saturated carbocycles. The molecular weight excluding hydrogens is 464 g/mol. The van der Waals surface area contributed by atoms with Crippen molar-refractivity contribution in [1.29, 1.82) is 0 Å². The summed E-state index contributed by atoms with van der Waals surface area (Å²) in [6.45, 7) is 5.83. The number of anilines is 1. The molecule has 0 aromatic carbocycles. The van der Waals surface area contributed by atoms with Crippen LogP contribution in [0.3, 0.4) is 0 Å². The van der Waals surface area contributed by atoms with Crippen molar-refractivity contribution < 1.29 is 50.6 Å². The third kappa shape index (κ3) is 9.80. The number of rotatable bonds is 2. The number of fused-ring (bicyclic) bond motifs is 1. The van der Waals surface area contributed by atoms with Crippen molar-refractivity contribution in [2.24, 2.45) is 0 Å². The zero-order chi connectivity index (χ0) is 25.4. The van der Waals surface area contributed by atoms with Crippen molar-refractivity contribution in [3.05, 3.63) is 47.5 Å². The van der Waals surface area contributed by atoms with Crippen LogP contribution in [0.5, 0.6) is 0 Å². The van der Waals surface area contributed by atoms with Gasteiger partial charge in [-0.2, -0.15) is 26.3 Å². The molecule has 0 spiro atoms. The minimum atomic E-state index is -5.08. The monoisotopic (exact) mass is 485 g/mol. The first kappa shape index (κ1) is 27.7. The van der Waals surface area contributed by atoms with Gasteiger partial charge >= 0.3 is 24.3 Å². The highest BCUT2D eigenvalue weighted by Crippen LogP contribution is 2.23. The van der Waals surface area contributed by atoms with Crippen LogP contribution in [0.4, 0.5) is 32.2 Å². The van der Waals surface area contributed by atoms with Crippen molar-refractivity contribution >= 4 is 17.8 Å². The molecule has 3 heterocycles. The lowest BCUT2D eigenvalue weighted by Crippen LogP contribution is -2.29. The summed E-state index contributed by atoms with van der Waals surface area (Å²) in [6.07, 6.45) is -8.43. The molecule has 0 atom stereocenters. The summed E-state index contributed by atoms with van der Waals surface area (Å²) in [6, 6.07) is 8.25. The molecule has 0 bridgehead atoms. The van der Waals surface area contributed by atoms with Crippen LogP contribution >= 0.6 is 0 Å². The lowest BCUT2D eigenvalue weighted by Gasteiger charge is -2.19. The number of carboxylic acids is 2. The van der Waals surface area contributed by atoms with Gasteiger partial charge in [-0.15, -0.1) is 0 Å². The van der Waals surface area contributed by atoms with Crippen LogP contribution < -0.4 is 4.90 Å². The molecule has 0 amide bonds. The quantitative estimate of drug-likeness (QED) is 0.621. The molecule has 2 N–H and O–H groups in total. The first-order chi connectivity index (χ1) is 15.1. The average molecular weight is 485 g/mol. The van der Waals surface area contributed by atoms with Gasteiger partial charge in [0.25, 0.3) is 0 Å². The average Bonchev–Trinajstić information content (AvgIpc) is 3.14. The zero-order valence-corrected chi connectivity index (χ0v) is 17.4. The van der Waals surface area contributed by atoms with E-state index in [1.165, 1.54) is 5.56 Å². The van der Waals surface area contributed by atoms with Crippen molar-refractivity contribution in [2.75, 3.05) is 25.0 Å². The highest BCUT2D eigenvalue weighted by atomic mass is 19.4. The fraction of sp³-hybridized carbons (Fsp3) is 0.421. The van der Waals surface area contributed by atoms with E-state index in [0.717, 1.165) is 43.5 Å². The summed E-state index contributed by atoms with van der Waals surface area (Å²) in [5.41, 5.74) is 2.36. The van der Waals surface area contributed by atoms with Gasteiger partial charge < -0.3 is 19.5 Å². The number of pyridine rings is 1. The Hall–Kier alpha value is -3.29. The molecule has 3 rings (SSSR count). The normalized spacial score (nSPS) is 14.1. The molecule has 2 aromatic heterocycles. The van der Waals surface area contributed by atoms with Crippen LogP contribution in [0, 0.1) is 6.92 Å². The fourth-order valence-corrected chi connectivity index (χ4v) is 2.50. The summed E-state index contributed by atoms with van der Waals surface area (Å²) < 4.78 is 68.9. The van der Waals surface area contributed by atoms with Crippen molar-refractivity contribution in [1.82, 2.24) is 9.88 Å². The van der Waals surface area contributed by atoms with Gasteiger partial charge in [-0.05, 0) is 25.1 Å². The SMILES string of the molecule is Cc1ccc2c(n1)N(C)CCN(Cc1ccco1)C2.O=C(O)C(F)(F)F.O=C(O)C(F)(F)F. The lowest BCUT2D eigenvalue weighted by atomic mass is 10.2. The zero-order valence-electron chi connectivity index (χ0n) is 17.4. The maximum absolute atomic E-state index is 10.6. The van der Waals surface area contributed by atoms with Crippen molar-refractivity contribution in [3.63, 3.8) is 0 Å². The largest absolute Gasteiger partial charge is 0.490 e. The number of carbonyl (C=O) groups is 2. The number of aliphatic carboxylic acids is 2. The Bertz CT molecular complexity index is 892. The number of hydrogen-bond acceptors (Lipinski definition) is 6. The number of nitrogens with zero attached hydrogens (tertiary/aromatic N) is 3. The summed E-state index contributed by atoms with van der Waals surface area (Å²) in [5.74, 6) is -3.38. The number of likely N-dealkylation sites (N-methyl/N-ethyl adjacent to an activating group) is 1. The maximum atomic E-state index is 10.6. The van der Waals surface area contributed by atoms with Crippen molar-refractivity contribution in [3.8, 4) is 0 Å². The van der Waals surface area contributed by atoms with E-state index in [0.29, 0.717) is 0 Å². The van der Waals surface area contributed by atoms with Gasteiger partial charge in [0, 0.05) is 37.9 Å². The highest BCUT2D eigenvalue weighted by molar-refractivity contribution is 5.73. The van der Waals surface area contributed by atoms with Crippen molar-refractivity contribution in [2.45, 2.75) is 32.4 Å². The second kappa shape index (κ2) is 11.5. The first-order valence-corrected chi connectivity index (χ1v) is 9.14. The van der Waals surface area contributed by atoms with Gasteiger partial charge in [-0.3, -0.25) is 4.90 Å². The Labute approximate surface area is 184 Å². The number of furan rings is 1. The van der Waals surface area contributed by atoms with Gasteiger partial charge in [0.15, 0.2) is 0 Å². The predicted octanol–water partition coefficient (Wildman–Crippen LogP) is 3.70. The molecule has 1 aliphatic rings. The van der Waals surface area contributed by atoms with Gasteiger partial charge in [0.2, 0.25) is 0 Å². The van der Waals surface area contributed by atoms with E-state index < -0.39 is 24.3 Å². The molecule has 184 valence electrons. The number of halogens is 6. The smallest absolute Gasteiger partial charge is 0.475 e. The number of hydrogen-bond donors (Lipinski definition) is 2. The molecule has 0 radical (unpaired) electrons. The van der Waals surface area contributed by atoms with E-state index in [2.05, 4.69) is 34.0 Å². The predicted molar refractivity (Wildman–Crippen MR) is 102 cm³/mol. The fourth-order valence-electron chi connectivity index (χ4n) is 2.50. The van der Waals surface area contributed by atoms with Gasteiger partial charge in [0.1, 0.15) is 11.6 Å². The Morgan fingerprint density at radius 2 is 1.58 bits per heavy atom. The maximum Gasteiger partial charge on any atom is 0.490 e. The molecule has 0 aliphatic carbocycles. The molecule has 8 nitrogen and oxygen atoms in total. The van der Waals surface area contributed by atoms with E-state index >= 15 is 0 Å². The standard InChI is InChI=1S/C15H19N3O.2C2HF3O2/c1-12-5-6-13-10-18(11-14-4-3-9-19-14)8-7-17(2)15(13)16-12;2*3-2(4,5)1(6)7/h3-6,9H,7-8,10-11H2,1-2H3;2*(H,6,7). The Kier molecular flexibility index (Phi) is 9.70. The molecule has 0 unspecified atom stereocenters. The second-order valence-electron chi connectivity index (χ2n) is 6.75. The number of aromatic nitrogens is 1. The Morgan fingerprint density at radius 3 is 2.03 bits per heavy atom. The topological polar surface area (TPSA) is 107 Å². The molecule has 2 aromatic rings. The molecule has 1 aliphatic heterocycles. The van der Waals surface area contributed by atoms with Gasteiger partial charge in [-0.25, -0.2) is 14.6 Å². The molecule has 14 heteroatoms. The Balaban J connectivity index is 0.000000324. The number of alkyl halides is 6. The molecule has 0 fully saturated rings. The van der Waals surface area contributed by atoms with Crippen LogP contribution in [-0.2, 0) is 22.7 Å². The van der Waals surface area contributed by atoms with Crippen LogP contribution in [0.1, 0.15) is 17.0 Å². The van der Waals surface area contributed by atoms with E-state index in [-0.39, 0.29) is 0 Å². The molecule has 33 heavy (non-hydrogen) atoms. The molecule has 0 saturated heterocycles. The second-order valence-corrected chi connectivity index (χ2v) is 6.75. The molecular formula is C19H21F6N3O5. The van der Waals surface area contributed by atoms with Crippen LogP contribution in [0.15, 0.2) is 34.9 Å². The summed E-state index contributed by atoms with van der Waals surface area (Å²) in [4.78, 5) is 27.1. The van der Waals surface area contributed by atoms with E-state index in [1.54, 1.807) is 6.26 Å².